The zero-order chi connectivity index (χ0) is 25.4. The largest absolute Gasteiger partial charge is 0.453 e. The summed E-state index contributed by atoms with van der Waals surface area (Å²) < 4.78 is 12.9. The van der Waals surface area contributed by atoms with Crippen LogP contribution in [0, 0.1) is 6.92 Å². The number of fused-ring (bicyclic) bond motifs is 1. The molecule has 2 atom stereocenters. The van der Waals surface area contributed by atoms with E-state index < -0.39 is 6.10 Å². The van der Waals surface area contributed by atoms with Crippen LogP contribution in [0.3, 0.4) is 0 Å². The molecule has 0 aliphatic carbocycles. The first-order chi connectivity index (χ1) is 17.3. The van der Waals surface area contributed by atoms with Gasteiger partial charge in [-0.1, -0.05) is 17.7 Å². The number of nitrogens with zero attached hydrogens (tertiary/aromatic N) is 4. The summed E-state index contributed by atoms with van der Waals surface area (Å²) in [5, 5.41) is 10.4. The number of amides is 2. The maximum atomic E-state index is 12.9. The highest BCUT2D eigenvalue weighted by molar-refractivity contribution is 6.30. The number of hydrogen-bond acceptors (Lipinski definition) is 6. The Labute approximate surface area is 214 Å². The molecule has 2 saturated heterocycles. The number of halogens is 1. The lowest BCUT2D eigenvalue weighted by Gasteiger charge is -2.32. The highest BCUT2D eigenvalue weighted by Crippen LogP contribution is 2.31. The van der Waals surface area contributed by atoms with Crippen molar-refractivity contribution in [2.24, 2.45) is 0 Å². The van der Waals surface area contributed by atoms with E-state index in [1.165, 1.54) is 7.11 Å². The fourth-order valence-corrected chi connectivity index (χ4v) is 5.16. The minimum atomic E-state index is -0.459. The van der Waals surface area contributed by atoms with Crippen LogP contribution < -0.4 is 0 Å². The zero-order valence-electron chi connectivity index (χ0n) is 20.3. The van der Waals surface area contributed by atoms with E-state index in [4.69, 9.17) is 26.1 Å². The topological polar surface area (TPSA) is 96.6 Å². The minimum Gasteiger partial charge on any atom is -0.453 e. The van der Waals surface area contributed by atoms with Crippen LogP contribution in [0.5, 0.6) is 0 Å². The van der Waals surface area contributed by atoms with Crippen LogP contribution in [0.4, 0.5) is 4.79 Å². The summed E-state index contributed by atoms with van der Waals surface area (Å²) in [5.74, 6) is -0.0817. The molecule has 36 heavy (non-hydrogen) atoms. The lowest BCUT2D eigenvalue weighted by molar-refractivity contribution is -0.0241. The van der Waals surface area contributed by atoms with E-state index in [0.717, 1.165) is 22.5 Å². The Morgan fingerprint density at radius 1 is 1.19 bits per heavy atom. The van der Waals surface area contributed by atoms with Crippen molar-refractivity contribution in [3.8, 4) is 11.3 Å². The number of ether oxygens (including phenoxy) is 2. The van der Waals surface area contributed by atoms with Crippen LogP contribution in [-0.2, 0) is 15.9 Å². The molecule has 0 radical (unpaired) electrons. The van der Waals surface area contributed by atoms with Crippen LogP contribution in [0.25, 0.3) is 16.9 Å². The van der Waals surface area contributed by atoms with Gasteiger partial charge in [-0.25, -0.2) is 9.78 Å². The number of morpholine rings is 1. The predicted molar refractivity (Wildman–Crippen MR) is 134 cm³/mol. The number of hydrogen-bond donors (Lipinski definition) is 1. The summed E-state index contributed by atoms with van der Waals surface area (Å²) in [6.07, 6.45) is 1.96. The number of pyridine rings is 1. The van der Waals surface area contributed by atoms with Crippen LogP contribution in [-0.4, -0.2) is 88.4 Å². The predicted octanol–water partition coefficient (Wildman–Crippen LogP) is 3.18. The third-order valence-corrected chi connectivity index (χ3v) is 7.09. The molecule has 9 nitrogen and oxygen atoms in total. The van der Waals surface area contributed by atoms with Crippen molar-refractivity contribution < 1.29 is 24.2 Å². The summed E-state index contributed by atoms with van der Waals surface area (Å²) in [7, 11) is 1.38. The van der Waals surface area contributed by atoms with Gasteiger partial charge in [0.2, 0.25) is 0 Å². The van der Waals surface area contributed by atoms with Crippen molar-refractivity contribution >= 4 is 29.2 Å². The number of carbonyl (C=O) groups is 2. The molecular formula is C26H29ClN4O5. The number of carbonyl (C=O) groups excluding carboxylic acids is 2. The van der Waals surface area contributed by atoms with Crippen LogP contribution in [0.2, 0.25) is 5.02 Å². The third kappa shape index (κ3) is 4.78. The molecule has 0 bridgehead atoms. The summed E-state index contributed by atoms with van der Waals surface area (Å²) >= 11 is 6.25. The van der Waals surface area contributed by atoms with Crippen LogP contribution in [0.1, 0.15) is 28.0 Å². The molecule has 5 rings (SSSR count). The molecule has 0 saturated carbocycles. The molecule has 4 heterocycles. The van der Waals surface area contributed by atoms with Gasteiger partial charge < -0.3 is 28.8 Å². The third-order valence-electron chi connectivity index (χ3n) is 6.86. The molecule has 0 spiro atoms. The van der Waals surface area contributed by atoms with Gasteiger partial charge in [0.05, 0.1) is 43.9 Å². The number of methoxy groups -OCH3 is 1. The van der Waals surface area contributed by atoms with Gasteiger partial charge in [0.15, 0.2) is 0 Å². The molecule has 1 N–H and O–H groups in total. The van der Waals surface area contributed by atoms with Gasteiger partial charge in [-0.15, -0.1) is 0 Å². The van der Waals surface area contributed by atoms with E-state index in [-0.39, 0.29) is 18.1 Å². The molecule has 2 aromatic heterocycles. The van der Waals surface area contributed by atoms with Gasteiger partial charge in [0.25, 0.3) is 5.91 Å². The summed E-state index contributed by atoms with van der Waals surface area (Å²) in [4.78, 5) is 33.2. The lowest BCUT2D eigenvalue weighted by Crippen LogP contribution is -2.46. The summed E-state index contributed by atoms with van der Waals surface area (Å²) in [6.45, 7) is 4.21. The first-order valence-corrected chi connectivity index (χ1v) is 12.4. The molecule has 2 fully saturated rings. The fraction of sp³-hybridized carbons (Fsp3) is 0.423. The van der Waals surface area contributed by atoms with Crippen molar-refractivity contribution in [1.82, 2.24) is 19.2 Å². The molecule has 2 aliphatic heterocycles. The summed E-state index contributed by atoms with van der Waals surface area (Å²) in [5.41, 5.74) is 4.83. The Kier molecular flexibility index (Phi) is 6.87. The number of aliphatic hydroxyl groups excluding tert-OH is 1. The van der Waals surface area contributed by atoms with Gasteiger partial charge in [0, 0.05) is 54.5 Å². The Bertz CT molecular complexity index is 1310. The number of rotatable bonds is 4. The van der Waals surface area contributed by atoms with Crippen molar-refractivity contribution in [3.63, 3.8) is 0 Å². The van der Waals surface area contributed by atoms with Crippen molar-refractivity contribution in [2.45, 2.75) is 32.0 Å². The number of β-amino-alcohol motifs (C(OH)–C–C–N with tert-alkyl or cyclic N) is 1. The lowest BCUT2D eigenvalue weighted by atomic mass is 9.99. The number of benzene rings is 1. The average molecular weight is 513 g/mol. The van der Waals surface area contributed by atoms with E-state index in [1.54, 1.807) is 9.80 Å². The molecule has 0 unspecified atom stereocenters. The van der Waals surface area contributed by atoms with Crippen LogP contribution in [0.15, 0.2) is 36.5 Å². The Balaban J connectivity index is 1.48. The maximum absolute atomic E-state index is 12.9. The SMILES string of the molecule is COC(=O)N1CCO[C@@H](Cc2c(-c3ccc(C(=O)N4CC[C@H](O)C4)cc3C)nc3cc(Cl)ccn23)C1. The molecule has 10 heteroatoms. The molecule has 2 amide bonds. The highest BCUT2D eigenvalue weighted by atomic mass is 35.5. The molecular weight excluding hydrogens is 484 g/mol. The van der Waals surface area contributed by atoms with Crippen molar-refractivity contribution in [3.05, 3.63) is 58.4 Å². The number of aromatic nitrogens is 2. The van der Waals surface area contributed by atoms with Crippen LogP contribution >= 0.6 is 11.6 Å². The van der Waals surface area contributed by atoms with Crippen molar-refractivity contribution in [1.29, 1.82) is 0 Å². The van der Waals surface area contributed by atoms with Gasteiger partial charge in [-0.05, 0) is 37.1 Å². The average Bonchev–Trinajstić information content (AvgIpc) is 3.46. The first kappa shape index (κ1) is 24.5. The number of imidazole rings is 1. The van der Waals surface area contributed by atoms with Gasteiger partial charge >= 0.3 is 6.09 Å². The summed E-state index contributed by atoms with van der Waals surface area (Å²) in [6, 6.07) is 9.23. The van der Waals surface area contributed by atoms with Gasteiger partial charge in [-0.2, -0.15) is 0 Å². The smallest absolute Gasteiger partial charge is 0.409 e. The quantitative estimate of drug-likeness (QED) is 0.577. The molecule has 3 aromatic rings. The van der Waals surface area contributed by atoms with E-state index in [1.807, 2.05) is 47.9 Å². The van der Waals surface area contributed by atoms with E-state index >= 15 is 0 Å². The second-order valence-electron chi connectivity index (χ2n) is 9.32. The molecule has 1 aromatic carbocycles. The maximum Gasteiger partial charge on any atom is 0.409 e. The zero-order valence-corrected chi connectivity index (χ0v) is 21.1. The second kappa shape index (κ2) is 10.1. The molecule has 190 valence electrons. The highest BCUT2D eigenvalue weighted by Gasteiger charge is 2.29. The molecule has 2 aliphatic rings. The minimum absolute atomic E-state index is 0.0817. The number of aliphatic hydroxyl groups is 1. The Hall–Kier alpha value is -3.14. The fourth-order valence-electron chi connectivity index (χ4n) is 5.01. The first-order valence-electron chi connectivity index (χ1n) is 12.0. The van der Waals surface area contributed by atoms with E-state index in [0.29, 0.717) is 61.9 Å². The van der Waals surface area contributed by atoms with E-state index in [2.05, 4.69) is 0 Å². The number of aryl methyl sites for hydroxylation is 1. The normalized spacial score (nSPS) is 20.2. The monoisotopic (exact) mass is 512 g/mol. The Morgan fingerprint density at radius 3 is 2.75 bits per heavy atom. The van der Waals surface area contributed by atoms with Gasteiger partial charge in [-0.3, -0.25) is 4.79 Å². The standard InChI is InChI=1S/C26H29ClN4O5/c1-16-11-17(25(33)29-7-6-19(32)14-29)3-4-21(16)24-22(31-8-5-18(27)12-23(31)28-24)13-20-15-30(9-10-36-20)26(34)35-2/h3-5,8,11-12,19-20,32H,6-7,9-10,13-15H2,1-2H3/t19-,20-/m0/s1. The number of likely N-dealkylation sites (tertiary alicyclic amines) is 1. The second-order valence-corrected chi connectivity index (χ2v) is 9.75. The van der Waals surface area contributed by atoms with E-state index in [9.17, 15) is 14.7 Å². The Morgan fingerprint density at radius 2 is 2.03 bits per heavy atom. The van der Waals surface area contributed by atoms with Gasteiger partial charge in [0.1, 0.15) is 5.65 Å². The van der Waals surface area contributed by atoms with Crippen molar-refractivity contribution in [2.75, 3.05) is 39.9 Å².